The average molecular weight is 644 g/mol. The molecular formula is C33H26ClN3O5S2. The zero-order chi connectivity index (χ0) is 30.1. The molecule has 2 N–H and O–H groups in total. The third-order valence-electron chi connectivity index (χ3n) is 9.48. The van der Waals surface area contributed by atoms with Gasteiger partial charge >= 0.3 is 4.87 Å². The number of amides is 3. The second-order valence-corrected chi connectivity index (χ2v) is 14.4. The van der Waals surface area contributed by atoms with Crippen LogP contribution in [0.4, 0.5) is 11.4 Å². The molecule has 2 aliphatic heterocycles. The number of carbonyl (C=O) groups is 3. The van der Waals surface area contributed by atoms with Crippen LogP contribution in [0.2, 0.25) is 5.02 Å². The van der Waals surface area contributed by atoms with Gasteiger partial charge in [-0.3, -0.25) is 24.1 Å². The van der Waals surface area contributed by atoms with Gasteiger partial charge in [-0.05, 0) is 78.3 Å². The first-order valence-electron chi connectivity index (χ1n) is 14.5. The topological polar surface area (TPSA) is 109 Å². The number of imide groups is 1. The number of nitrogens with one attached hydrogen (secondary N) is 2. The molecule has 0 radical (unpaired) electrons. The molecule has 44 heavy (non-hydrogen) atoms. The van der Waals surface area contributed by atoms with E-state index in [1.165, 1.54) is 16.2 Å². The minimum Gasteiger partial charge on any atom is -0.484 e. The Labute approximate surface area is 265 Å². The largest absolute Gasteiger partial charge is 0.484 e. The highest BCUT2D eigenvalue weighted by Gasteiger charge is 2.69. The molecule has 4 unspecified atom stereocenters. The van der Waals surface area contributed by atoms with Crippen LogP contribution in [-0.2, 0) is 14.4 Å². The zero-order valence-electron chi connectivity index (χ0n) is 23.1. The standard InChI is InChI=1S/C33H26ClN3O5S2/c34-17-8-10-19(11-9-17)37-31(39)26-21-14-22(27(26)32(37)40)28-25(21)24(29-30(43-28)36-33(41)44-29)16-6-12-20(13-7-16)42-15-23(38)35-18-4-2-1-3-5-18/h1-13,21-22,24-28H,14-15H2,(H,35,38)(H,36,41)/t21-,22-,24-,25?,26?,27?,28?/m1/s1. The van der Waals surface area contributed by atoms with Crippen molar-refractivity contribution in [2.75, 3.05) is 16.8 Å². The molecule has 1 saturated heterocycles. The normalized spacial score (nSPS) is 28.0. The Balaban J connectivity index is 1.06. The smallest absolute Gasteiger partial charge is 0.305 e. The predicted molar refractivity (Wildman–Crippen MR) is 169 cm³/mol. The molecule has 4 aliphatic rings. The van der Waals surface area contributed by atoms with Crippen LogP contribution in [0.15, 0.2) is 88.7 Å². The summed E-state index contributed by atoms with van der Waals surface area (Å²) in [5.41, 5.74) is 2.28. The van der Waals surface area contributed by atoms with E-state index >= 15 is 0 Å². The van der Waals surface area contributed by atoms with Gasteiger partial charge in [0.1, 0.15) is 5.75 Å². The Morgan fingerprint density at radius 2 is 1.64 bits per heavy atom. The Morgan fingerprint density at radius 3 is 2.36 bits per heavy atom. The first-order valence-corrected chi connectivity index (χ1v) is 16.6. The van der Waals surface area contributed by atoms with Gasteiger partial charge in [0.05, 0.1) is 22.5 Å². The lowest BCUT2D eigenvalue weighted by atomic mass is 9.68. The molecule has 2 saturated carbocycles. The SMILES string of the molecule is O=C(COc1ccc([C@H]2c3sc(=O)[nH]c3SC3C2[C@H]2C[C@@H]3C3C(=O)N(c4ccc(Cl)cc4)C(=O)C32)cc1)Nc1ccccc1. The number of rotatable bonds is 6. The monoisotopic (exact) mass is 643 g/mol. The molecule has 2 bridgehead atoms. The molecule has 8 rings (SSSR count). The van der Waals surface area contributed by atoms with Crippen molar-refractivity contribution in [3.05, 3.63) is 104 Å². The summed E-state index contributed by atoms with van der Waals surface area (Å²) in [7, 11) is 0. The van der Waals surface area contributed by atoms with Gasteiger partial charge in [0.25, 0.3) is 5.91 Å². The number of thiazole rings is 1. The summed E-state index contributed by atoms with van der Waals surface area (Å²) >= 11 is 8.96. The Kier molecular flexibility index (Phi) is 6.69. The van der Waals surface area contributed by atoms with Crippen molar-refractivity contribution in [2.24, 2.45) is 29.6 Å². The van der Waals surface area contributed by atoms with Gasteiger partial charge in [-0.1, -0.05) is 53.3 Å². The fourth-order valence-electron chi connectivity index (χ4n) is 7.87. The number of benzene rings is 3. The fraction of sp³-hybridized carbons (Fsp3) is 0.273. The first-order chi connectivity index (χ1) is 21.4. The van der Waals surface area contributed by atoms with Crippen LogP contribution in [0.3, 0.4) is 0 Å². The number of hydrogen-bond acceptors (Lipinski definition) is 7. The van der Waals surface area contributed by atoms with Crippen LogP contribution < -0.4 is 19.8 Å². The van der Waals surface area contributed by atoms with Crippen LogP contribution in [0.25, 0.3) is 0 Å². The van der Waals surface area contributed by atoms with Crippen LogP contribution in [0, 0.1) is 29.6 Å². The highest BCUT2D eigenvalue weighted by atomic mass is 35.5. The van der Waals surface area contributed by atoms with E-state index in [4.69, 9.17) is 16.3 Å². The maximum atomic E-state index is 13.9. The van der Waals surface area contributed by atoms with Gasteiger partial charge < -0.3 is 15.0 Å². The second kappa shape index (κ2) is 10.6. The van der Waals surface area contributed by atoms with Crippen LogP contribution in [0.5, 0.6) is 5.75 Å². The van der Waals surface area contributed by atoms with Gasteiger partial charge in [0, 0.05) is 26.8 Å². The third kappa shape index (κ3) is 4.42. The number of thioether (sulfide) groups is 1. The number of H-pyrrole nitrogens is 1. The lowest BCUT2D eigenvalue weighted by Crippen LogP contribution is -2.42. The molecule has 3 amide bonds. The molecule has 3 fully saturated rings. The molecule has 4 aromatic rings. The number of fused-ring (bicyclic) bond motifs is 9. The molecular weight excluding hydrogens is 618 g/mol. The number of nitrogens with zero attached hydrogens (tertiary/aromatic N) is 1. The van der Waals surface area contributed by atoms with Crippen LogP contribution >= 0.6 is 34.7 Å². The second-order valence-electron chi connectivity index (χ2n) is 11.7. The third-order valence-corrected chi connectivity index (χ3v) is 12.3. The summed E-state index contributed by atoms with van der Waals surface area (Å²) < 4.78 is 5.77. The number of anilines is 2. The summed E-state index contributed by atoms with van der Waals surface area (Å²) in [5.74, 6) is -0.649. The van der Waals surface area contributed by atoms with E-state index in [0.717, 1.165) is 21.9 Å². The van der Waals surface area contributed by atoms with E-state index in [1.54, 1.807) is 36.0 Å². The Morgan fingerprint density at radius 1 is 0.932 bits per heavy atom. The number of aromatic amines is 1. The summed E-state index contributed by atoms with van der Waals surface area (Å²) in [6.07, 6.45) is 0.816. The minimum atomic E-state index is -0.379. The number of aromatic nitrogens is 1. The van der Waals surface area contributed by atoms with Crippen molar-refractivity contribution < 1.29 is 19.1 Å². The first kappa shape index (κ1) is 27.7. The summed E-state index contributed by atoms with van der Waals surface area (Å²) in [6.45, 7) is -0.129. The maximum absolute atomic E-state index is 13.9. The van der Waals surface area contributed by atoms with Crippen molar-refractivity contribution in [3.8, 4) is 5.75 Å². The van der Waals surface area contributed by atoms with Gasteiger partial charge in [-0.25, -0.2) is 0 Å². The molecule has 0 spiro atoms. The molecule has 11 heteroatoms. The van der Waals surface area contributed by atoms with Gasteiger partial charge in [0.15, 0.2) is 6.61 Å². The quantitative estimate of drug-likeness (QED) is 0.258. The summed E-state index contributed by atoms with van der Waals surface area (Å²) in [5, 5.41) is 4.32. The molecule has 2 aliphatic carbocycles. The zero-order valence-corrected chi connectivity index (χ0v) is 25.5. The highest BCUT2D eigenvalue weighted by molar-refractivity contribution is 8.00. The van der Waals surface area contributed by atoms with Crippen molar-refractivity contribution in [3.63, 3.8) is 0 Å². The Hall–Kier alpha value is -3.86. The number of carbonyl (C=O) groups excluding carboxylic acids is 3. The van der Waals surface area contributed by atoms with Gasteiger partial charge in [0.2, 0.25) is 11.8 Å². The highest BCUT2D eigenvalue weighted by Crippen LogP contribution is 2.68. The van der Waals surface area contributed by atoms with Crippen molar-refractivity contribution >= 4 is 63.8 Å². The fourth-order valence-corrected chi connectivity index (χ4v) is 10.9. The molecule has 1 aromatic heterocycles. The van der Waals surface area contributed by atoms with E-state index in [2.05, 4.69) is 10.3 Å². The van der Waals surface area contributed by atoms with E-state index < -0.39 is 0 Å². The minimum absolute atomic E-state index is 0.0178. The van der Waals surface area contributed by atoms with Crippen LogP contribution in [-0.4, -0.2) is 34.6 Å². The number of hydrogen-bond donors (Lipinski definition) is 2. The van der Waals surface area contributed by atoms with Crippen molar-refractivity contribution in [1.82, 2.24) is 4.98 Å². The van der Waals surface area contributed by atoms with E-state index in [1.807, 2.05) is 54.6 Å². The maximum Gasteiger partial charge on any atom is 0.305 e. The van der Waals surface area contributed by atoms with Gasteiger partial charge in [-0.15, -0.1) is 11.8 Å². The number of halogens is 1. The summed E-state index contributed by atoms with van der Waals surface area (Å²) in [6, 6.07) is 23.7. The van der Waals surface area contributed by atoms with Crippen molar-refractivity contribution in [2.45, 2.75) is 22.6 Å². The molecule has 3 aromatic carbocycles. The summed E-state index contributed by atoms with van der Waals surface area (Å²) in [4.78, 5) is 57.9. The van der Waals surface area contributed by atoms with Crippen LogP contribution in [0.1, 0.15) is 22.8 Å². The predicted octanol–water partition coefficient (Wildman–Crippen LogP) is 5.79. The van der Waals surface area contributed by atoms with Gasteiger partial charge in [-0.2, -0.15) is 0 Å². The molecule has 222 valence electrons. The molecule has 7 atom stereocenters. The number of para-hydroxylation sites is 1. The van der Waals surface area contributed by atoms with E-state index in [9.17, 15) is 19.2 Å². The average Bonchev–Trinajstić information content (AvgIpc) is 3.76. The van der Waals surface area contributed by atoms with E-state index in [-0.39, 0.29) is 70.0 Å². The van der Waals surface area contributed by atoms with E-state index in [0.29, 0.717) is 22.1 Å². The lowest BCUT2D eigenvalue weighted by molar-refractivity contribution is -0.123. The Bertz CT molecular complexity index is 1840. The molecule has 8 nitrogen and oxygen atoms in total. The van der Waals surface area contributed by atoms with Crippen molar-refractivity contribution in [1.29, 1.82) is 0 Å². The molecule has 3 heterocycles. The number of ether oxygens (including phenoxy) is 1. The lowest BCUT2D eigenvalue weighted by Gasteiger charge is -2.43.